The Balaban J connectivity index is 1.48. The van der Waals surface area contributed by atoms with Gasteiger partial charge in [-0.25, -0.2) is 29.0 Å². The fraction of sp³-hybridized carbons (Fsp3) is 0.308. The van der Waals surface area contributed by atoms with Crippen molar-refractivity contribution in [1.29, 1.82) is 0 Å². The first-order chi connectivity index (χ1) is 19.4. The van der Waals surface area contributed by atoms with Crippen molar-refractivity contribution in [2.75, 3.05) is 11.4 Å². The molecule has 1 atom stereocenters. The summed E-state index contributed by atoms with van der Waals surface area (Å²) in [6.45, 7) is 5.71. The van der Waals surface area contributed by atoms with Crippen LogP contribution in [0.5, 0.6) is 0 Å². The summed E-state index contributed by atoms with van der Waals surface area (Å²) < 4.78 is 41.8. The van der Waals surface area contributed by atoms with Crippen LogP contribution in [0.4, 0.5) is 19.0 Å². The van der Waals surface area contributed by atoms with Crippen LogP contribution in [0.1, 0.15) is 52.9 Å². The van der Waals surface area contributed by atoms with Gasteiger partial charge in [0.1, 0.15) is 11.5 Å². The van der Waals surface area contributed by atoms with E-state index in [-0.39, 0.29) is 46.3 Å². The van der Waals surface area contributed by atoms with Gasteiger partial charge in [-0.05, 0) is 26.3 Å². The number of carbonyl (C=O) groups excluding carboxylic acids is 2. The predicted molar refractivity (Wildman–Crippen MR) is 144 cm³/mol. The maximum Gasteiger partial charge on any atom is 0.277 e. The zero-order valence-corrected chi connectivity index (χ0v) is 23.1. The fourth-order valence-corrected chi connectivity index (χ4v) is 4.48. The minimum atomic E-state index is -3.03. The lowest BCUT2D eigenvalue weighted by Gasteiger charge is -2.19. The van der Waals surface area contributed by atoms with Gasteiger partial charge in [0.25, 0.3) is 12.3 Å². The molecule has 216 valence electrons. The number of hydrazine groups is 1. The standard InChI is InChI=1S/C26H27ClF3N9O2/c1-12-6-7-39(26(12)41)24-14(3)35-15(8-34-24)10-38(32)11-19(31)37-25(40)22-13(2)33-9-18(36-22)20-16(23(29)30)4-5-17(27)21(20)28/h4-5,8-9,11-12,23H,6-7,10,31-32H2,1-3H3,(H,37,40)/b19-11+/t12-/m1/s1. The normalized spacial score (nSPS) is 15.5. The summed E-state index contributed by atoms with van der Waals surface area (Å²) in [4.78, 5) is 43.8. The molecule has 1 aromatic carbocycles. The fourth-order valence-electron chi connectivity index (χ4n) is 4.32. The molecule has 2 amide bonds. The van der Waals surface area contributed by atoms with Gasteiger partial charge in [-0.2, -0.15) is 0 Å². The van der Waals surface area contributed by atoms with E-state index in [9.17, 15) is 22.8 Å². The molecular weight excluding hydrogens is 563 g/mol. The van der Waals surface area contributed by atoms with E-state index in [1.807, 2.05) is 6.92 Å². The van der Waals surface area contributed by atoms with Crippen LogP contribution in [0.25, 0.3) is 11.3 Å². The summed E-state index contributed by atoms with van der Waals surface area (Å²) in [5, 5.41) is 3.16. The number of halogens is 4. The number of hydrogen-bond acceptors (Lipinski definition) is 9. The zero-order chi connectivity index (χ0) is 30.0. The highest BCUT2D eigenvalue weighted by molar-refractivity contribution is 6.31. The maximum atomic E-state index is 14.7. The third-order valence-corrected chi connectivity index (χ3v) is 6.69. The molecule has 1 saturated heterocycles. The third-order valence-electron chi connectivity index (χ3n) is 6.40. The van der Waals surface area contributed by atoms with Crippen molar-refractivity contribution in [3.63, 3.8) is 0 Å². The predicted octanol–water partition coefficient (Wildman–Crippen LogP) is 3.52. The van der Waals surface area contributed by atoms with Crippen molar-refractivity contribution >= 4 is 29.2 Å². The van der Waals surface area contributed by atoms with Crippen molar-refractivity contribution in [1.82, 2.24) is 30.3 Å². The van der Waals surface area contributed by atoms with Crippen LogP contribution >= 0.6 is 11.6 Å². The number of amides is 2. The van der Waals surface area contributed by atoms with E-state index in [0.29, 0.717) is 23.8 Å². The van der Waals surface area contributed by atoms with E-state index in [1.165, 1.54) is 19.3 Å². The number of carbonyl (C=O) groups is 2. The van der Waals surface area contributed by atoms with Crippen molar-refractivity contribution in [2.45, 2.75) is 40.2 Å². The van der Waals surface area contributed by atoms with Crippen molar-refractivity contribution in [2.24, 2.45) is 17.5 Å². The van der Waals surface area contributed by atoms with Gasteiger partial charge in [0, 0.05) is 23.6 Å². The summed E-state index contributed by atoms with van der Waals surface area (Å²) >= 11 is 5.79. The molecule has 0 radical (unpaired) electrons. The number of alkyl halides is 2. The molecule has 1 fully saturated rings. The number of nitrogens with two attached hydrogens (primary N) is 2. The quantitative estimate of drug-likeness (QED) is 0.264. The molecule has 0 bridgehead atoms. The van der Waals surface area contributed by atoms with Gasteiger partial charge in [-0.3, -0.25) is 24.5 Å². The molecule has 4 rings (SSSR count). The van der Waals surface area contributed by atoms with Crippen molar-refractivity contribution < 1.29 is 22.8 Å². The monoisotopic (exact) mass is 589 g/mol. The summed E-state index contributed by atoms with van der Waals surface area (Å²) in [5.41, 5.74) is 5.34. The Bertz CT molecular complexity index is 1540. The highest BCUT2D eigenvalue weighted by atomic mass is 35.5. The Hall–Kier alpha value is -4.30. The number of aryl methyl sites for hydroxylation is 2. The van der Waals surface area contributed by atoms with Gasteiger partial charge in [0.2, 0.25) is 5.91 Å². The van der Waals surface area contributed by atoms with Crippen LogP contribution in [-0.4, -0.2) is 43.3 Å². The van der Waals surface area contributed by atoms with Gasteiger partial charge in [-0.15, -0.1) is 0 Å². The Morgan fingerprint density at radius 3 is 2.61 bits per heavy atom. The van der Waals surface area contributed by atoms with Crippen molar-refractivity contribution in [3.05, 3.63) is 75.7 Å². The second-order valence-corrected chi connectivity index (χ2v) is 9.88. The summed E-state index contributed by atoms with van der Waals surface area (Å²) in [5.74, 6) is 4.33. The summed E-state index contributed by atoms with van der Waals surface area (Å²) in [6.07, 6.45) is 1.52. The minimum absolute atomic E-state index is 0.000300. The highest BCUT2D eigenvalue weighted by Gasteiger charge is 2.31. The minimum Gasteiger partial charge on any atom is -0.384 e. The Kier molecular flexibility index (Phi) is 8.73. The molecule has 0 unspecified atom stereocenters. The van der Waals surface area contributed by atoms with Gasteiger partial charge in [-0.1, -0.05) is 24.6 Å². The Labute approximate surface area is 238 Å². The first kappa shape index (κ1) is 29.7. The molecule has 3 heterocycles. The molecule has 0 spiro atoms. The van der Waals surface area contributed by atoms with Gasteiger partial charge >= 0.3 is 0 Å². The third kappa shape index (κ3) is 6.38. The molecule has 2 aromatic heterocycles. The molecule has 0 aliphatic carbocycles. The Morgan fingerprint density at radius 2 is 1.98 bits per heavy atom. The van der Waals surface area contributed by atoms with Crippen LogP contribution in [0.2, 0.25) is 5.02 Å². The van der Waals surface area contributed by atoms with E-state index in [4.69, 9.17) is 23.2 Å². The summed E-state index contributed by atoms with van der Waals surface area (Å²) in [7, 11) is 0. The molecular formula is C26H27ClF3N9O2. The second kappa shape index (κ2) is 12.1. The number of nitrogens with zero attached hydrogens (tertiary/aromatic N) is 6. The molecule has 5 N–H and O–H groups in total. The molecule has 15 heteroatoms. The number of rotatable bonds is 8. The molecule has 0 saturated carbocycles. The molecule has 3 aromatic rings. The average Bonchev–Trinajstić information content (AvgIpc) is 3.23. The summed E-state index contributed by atoms with van der Waals surface area (Å²) in [6, 6.07) is 1.99. The second-order valence-electron chi connectivity index (χ2n) is 9.48. The SMILES string of the molecule is Cc1ncc(-c2c(C(F)F)ccc(Cl)c2F)nc1C(=O)N/C(N)=C/N(N)Cc1cnc(N2CC[C@@H](C)C2=O)c(C)n1. The first-order valence-corrected chi connectivity index (χ1v) is 12.8. The van der Waals surface area contributed by atoms with Gasteiger partial charge < -0.3 is 16.1 Å². The molecule has 11 nitrogen and oxygen atoms in total. The van der Waals surface area contributed by atoms with Crippen LogP contribution in [0, 0.1) is 25.6 Å². The van der Waals surface area contributed by atoms with Crippen LogP contribution in [0.15, 0.2) is 36.5 Å². The van der Waals surface area contributed by atoms with Crippen molar-refractivity contribution in [3.8, 4) is 11.3 Å². The number of nitrogens with one attached hydrogen (secondary N) is 1. The lowest BCUT2D eigenvalue weighted by molar-refractivity contribution is -0.119. The molecule has 41 heavy (non-hydrogen) atoms. The van der Waals surface area contributed by atoms with E-state index < -0.39 is 29.3 Å². The number of benzene rings is 1. The maximum absolute atomic E-state index is 14.7. The van der Waals surface area contributed by atoms with Gasteiger partial charge in [0.15, 0.2) is 11.6 Å². The van der Waals surface area contributed by atoms with Crippen LogP contribution in [-0.2, 0) is 11.3 Å². The topological polar surface area (TPSA) is 156 Å². The average molecular weight is 590 g/mol. The van der Waals surface area contributed by atoms with E-state index in [2.05, 4.69) is 25.3 Å². The first-order valence-electron chi connectivity index (χ1n) is 12.4. The zero-order valence-electron chi connectivity index (χ0n) is 22.3. The number of aromatic nitrogens is 4. The lowest BCUT2D eigenvalue weighted by atomic mass is 10.0. The van der Waals surface area contributed by atoms with Gasteiger partial charge in [0.05, 0.1) is 52.9 Å². The van der Waals surface area contributed by atoms with Crippen LogP contribution < -0.4 is 21.8 Å². The highest BCUT2D eigenvalue weighted by Crippen LogP contribution is 2.35. The largest absolute Gasteiger partial charge is 0.384 e. The van der Waals surface area contributed by atoms with Crippen LogP contribution in [0.3, 0.4) is 0 Å². The smallest absolute Gasteiger partial charge is 0.277 e. The molecule has 1 aliphatic heterocycles. The number of hydrogen-bond donors (Lipinski definition) is 3. The lowest BCUT2D eigenvalue weighted by Crippen LogP contribution is -2.33. The molecule has 1 aliphatic rings. The number of anilines is 1. The van der Waals surface area contributed by atoms with E-state index in [0.717, 1.165) is 29.8 Å². The Morgan fingerprint density at radius 1 is 1.24 bits per heavy atom. The van der Waals surface area contributed by atoms with E-state index >= 15 is 0 Å². The van der Waals surface area contributed by atoms with E-state index in [1.54, 1.807) is 11.8 Å².